The van der Waals surface area contributed by atoms with E-state index in [2.05, 4.69) is 49.4 Å². The summed E-state index contributed by atoms with van der Waals surface area (Å²) in [4.78, 5) is 0. The van der Waals surface area contributed by atoms with Crippen molar-refractivity contribution in [2.24, 2.45) is 0 Å². The van der Waals surface area contributed by atoms with Gasteiger partial charge in [0.2, 0.25) is 0 Å². The van der Waals surface area contributed by atoms with Gasteiger partial charge in [-0.2, -0.15) is 0 Å². The molecule has 0 atom stereocenters. The number of aryl methyl sites for hydroxylation is 1. The number of hydrogen-bond donors (Lipinski definition) is 0. The highest BCUT2D eigenvalue weighted by molar-refractivity contribution is 6.04. The standard InChI is InChI=1S/C16H16O/c1-2-3-7-14-11-13-10-9-12-6-4-5-8-15(12)16(13)17-14/h4-6,8-11H,2-3,7H2,1H3. The van der Waals surface area contributed by atoms with Crippen molar-refractivity contribution < 1.29 is 4.42 Å². The zero-order chi connectivity index (χ0) is 11.7. The maximum Gasteiger partial charge on any atom is 0.142 e. The summed E-state index contributed by atoms with van der Waals surface area (Å²) >= 11 is 0. The van der Waals surface area contributed by atoms with Gasteiger partial charge in [0.05, 0.1) is 0 Å². The number of benzene rings is 2. The van der Waals surface area contributed by atoms with Crippen molar-refractivity contribution in [2.45, 2.75) is 26.2 Å². The van der Waals surface area contributed by atoms with Crippen LogP contribution in [0.5, 0.6) is 0 Å². The van der Waals surface area contributed by atoms with Crippen LogP contribution in [-0.4, -0.2) is 0 Å². The van der Waals surface area contributed by atoms with Gasteiger partial charge in [-0.15, -0.1) is 0 Å². The van der Waals surface area contributed by atoms with Crippen LogP contribution in [0, 0.1) is 0 Å². The van der Waals surface area contributed by atoms with Crippen LogP contribution in [0.4, 0.5) is 0 Å². The van der Waals surface area contributed by atoms with Crippen LogP contribution in [0.15, 0.2) is 46.9 Å². The summed E-state index contributed by atoms with van der Waals surface area (Å²) in [6, 6.07) is 14.9. The van der Waals surface area contributed by atoms with E-state index in [9.17, 15) is 0 Å². The molecule has 1 nitrogen and oxygen atoms in total. The molecule has 1 heterocycles. The molecule has 0 saturated carbocycles. The van der Waals surface area contributed by atoms with Crippen molar-refractivity contribution in [1.82, 2.24) is 0 Å². The Hall–Kier alpha value is -1.76. The zero-order valence-corrected chi connectivity index (χ0v) is 10.1. The maximum absolute atomic E-state index is 5.98. The van der Waals surface area contributed by atoms with Gasteiger partial charge in [0.25, 0.3) is 0 Å². The summed E-state index contributed by atoms with van der Waals surface area (Å²) in [6.45, 7) is 2.21. The average molecular weight is 224 g/mol. The molecule has 0 aliphatic rings. The first-order valence-corrected chi connectivity index (χ1v) is 6.28. The van der Waals surface area contributed by atoms with Gasteiger partial charge >= 0.3 is 0 Å². The number of rotatable bonds is 3. The molecular weight excluding hydrogens is 208 g/mol. The van der Waals surface area contributed by atoms with Crippen molar-refractivity contribution >= 4 is 21.7 Å². The van der Waals surface area contributed by atoms with E-state index in [1.165, 1.54) is 29.0 Å². The second-order valence-electron chi connectivity index (χ2n) is 4.52. The van der Waals surface area contributed by atoms with Crippen LogP contribution in [0.25, 0.3) is 21.7 Å². The topological polar surface area (TPSA) is 13.1 Å². The first-order valence-electron chi connectivity index (χ1n) is 6.28. The van der Waals surface area contributed by atoms with Crippen molar-refractivity contribution in [2.75, 3.05) is 0 Å². The van der Waals surface area contributed by atoms with Gasteiger partial charge in [-0.25, -0.2) is 0 Å². The summed E-state index contributed by atoms with van der Waals surface area (Å²) in [5, 5.41) is 3.68. The molecule has 17 heavy (non-hydrogen) atoms. The molecule has 86 valence electrons. The van der Waals surface area contributed by atoms with Crippen LogP contribution in [0.3, 0.4) is 0 Å². The fourth-order valence-electron chi connectivity index (χ4n) is 2.30. The lowest BCUT2D eigenvalue weighted by Gasteiger charge is -1.97. The molecule has 0 bridgehead atoms. The van der Waals surface area contributed by atoms with Crippen LogP contribution >= 0.6 is 0 Å². The molecule has 0 aliphatic heterocycles. The molecule has 0 radical (unpaired) electrons. The third kappa shape index (κ3) is 1.82. The van der Waals surface area contributed by atoms with Gasteiger partial charge in [0.15, 0.2) is 0 Å². The van der Waals surface area contributed by atoms with Crippen molar-refractivity contribution in [3.63, 3.8) is 0 Å². The van der Waals surface area contributed by atoms with Gasteiger partial charge in [-0.1, -0.05) is 49.7 Å². The Morgan fingerprint density at radius 1 is 1.00 bits per heavy atom. The van der Waals surface area contributed by atoms with E-state index in [1.807, 2.05) is 0 Å². The molecule has 3 aromatic rings. The number of fused-ring (bicyclic) bond motifs is 3. The van der Waals surface area contributed by atoms with Gasteiger partial charge < -0.3 is 4.42 Å². The lowest BCUT2D eigenvalue weighted by Crippen LogP contribution is -1.78. The SMILES string of the molecule is CCCCc1cc2ccc3ccccc3c2o1. The normalized spacial score (nSPS) is 11.4. The second-order valence-corrected chi connectivity index (χ2v) is 4.52. The monoisotopic (exact) mass is 224 g/mol. The molecule has 3 rings (SSSR count). The Morgan fingerprint density at radius 3 is 2.71 bits per heavy atom. The summed E-state index contributed by atoms with van der Waals surface area (Å²) in [5.41, 5.74) is 1.04. The highest BCUT2D eigenvalue weighted by Gasteiger charge is 2.06. The Labute approximate surface area is 101 Å². The molecule has 0 amide bonds. The minimum Gasteiger partial charge on any atom is -0.460 e. The Kier molecular flexibility index (Phi) is 2.60. The van der Waals surface area contributed by atoms with E-state index in [-0.39, 0.29) is 0 Å². The highest BCUT2D eigenvalue weighted by Crippen LogP contribution is 2.28. The molecule has 0 unspecified atom stereocenters. The van der Waals surface area contributed by atoms with Crippen LogP contribution < -0.4 is 0 Å². The van der Waals surface area contributed by atoms with Crippen LogP contribution in [0.1, 0.15) is 25.5 Å². The van der Waals surface area contributed by atoms with Crippen molar-refractivity contribution in [3.05, 3.63) is 48.2 Å². The Morgan fingerprint density at radius 2 is 1.82 bits per heavy atom. The third-order valence-electron chi connectivity index (χ3n) is 3.24. The molecule has 1 aromatic heterocycles. The number of hydrogen-bond acceptors (Lipinski definition) is 1. The predicted octanol–water partition coefficient (Wildman–Crippen LogP) is 4.93. The first-order chi connectivity index (χ1) is 8.38. The molecular formula is C16H16O. The quantitative estimate of drug-likeness (QED) is 0.615. The third-order valence-corrected chi connectivity index (χ3v) is 3.24. The lowest BCUT2D eigenvalue weighted by molar-refractivity contribution is 0.539. The molecule has 0 aliphatic carbocycles. The molecule has 0 spiro atoms. The molecule has 1 heteroatoms. The van der Waals surface area contributed by atoms with Gasteiger partial charge in [0.1, 0.15) is 11.3 Å². The number of furan rings is 1. The molecule has 0 saturated heterocycles. The van der Waals surface area contributed by atoms with Crippen LogP contribution in [-0.2, 0) is 6.42 Å². The predicted molar refractivity (Wildman–Crippen MR) is 72.3 cm³/mol. The summed E-state index contributed by atoms with van der Waals surface area (Å²) < 4.78 is 5.98. The van der Waals surface area contributed by atoms with E-state index < -0.39 is 0 Å². The van der Waals surface area contributed by atoms with Gasteiger partial charge in [-0.05, 0) is 17.9 Å². The summed E-state index contributed by atoms with van der Waals surface area (Å²) in [7, 11) is 0. The van der Waals surface area contributed by atoms with E-state index in [0.29, 0.717) is 0 Å². The molecule has 0 fully saturated rings. The second kappa shape index (κ2) is 4.25. The highest BCUT2D eigenvalue weighted by atomic mass is 16.3. The van der Waals surface area contributed by atoms with Gasteiger partial charge in [-0.3, -0.25) is 0 Å². The fourth-order valence-corrected chi connectivity index (χ4v) is 2.30. The van der Waals surface area contributed by atoms with Crippen molar-refractivity contribution in [3.8, 4) is 0 Å². The average Bonchev–Trinajstić information content (AvgIpc) is 2.79. The lowest BCUT2D eigenvalue weighted by atomic mass is 10.1. The van der Waals surface area contributed by atoms with E-state index >= 15 is 0 Å². The summed E-state index contributed by atoms with van der Waals surface area (Å²) in [6.07, 6.45) is 3.44. The smallest absolute Gasteiger partial charge is 0.142 e. The van der Waals surface area contributed by atoms with E-state index in [1.54, 1.807) is 0 Å². The largest absolute Gasteiger partial charge is 0.460 e. The van der Waals surface area contributed by atoms with Gasteiger partial charge in [0, 0.05) is 17.2 Å². The minimum absolute atomic E-state index is 1.04. The maximum atomic E-state index is 5.98. The van der Waals surface area contributed by atoms with E-state index in [0.717, 1.165) is 17.8 Å². The zero-order valence-electron chi connectivity index (χ0n) is 10.1. The van der Waals surface area contributed by atoms with Crippen molar-refractivity contribution in [1.29, 1.82) is 0 Å². The van der Waals surface area contributed by atoms with Crippen LogP contribution in [0.2, 0.25) is 0 Å². The molecule has 0 N–H and O–H groups in total. The minimum atomic E-state index is 1.04. The first kappa shape index (κ1) is 10.4. The number of unbranched alkanes of at least 4 members (excludes halogenated alkanes) is 1. The van der Waals surface area contributed by atoms with E-state index in [4.69, 9.17) is 4.42 Å². The fraction of sp³-hybridized carbons (Fsp3) is 0.250. The Bertz CT molecular complexity index is 649. The Balaban J connectivity index is 2.17. The molecule has 2 aromatic carbocycles. The summed E-state index contributed by atoms with van der Waals surface area (Å²) in [5.74, 6) is 1.11.